The molecule has 0 atom stereocenters. The first kappa shape index (κ1) is 10.5. The average molecular weight is 196 g/mol. The van der Waals surface area contributed by atoms with E-state index in [1.165, 1.54) is 7.05 Å². The van der Waals surface area contributed by atoms with E-state index >= 15 is 0 Å². The Morgan fingerprint density at radius 3 is 2.43 bits per heavy atom. The van der Waals surface area contributed by atoms with Gasteiger partial charge in [-0.25, -0.2) is 9.86 Å². The van der Waals surface area contributed by atoms with Gasteiger partial charge in [0, 0.05) is 12.7 Å². The summed E-state index contributed by atoms with van der Waals surface area (Å²) in [7, 11) is 1.23. The van der Waals surface area contributed by atoms with Crippen LogP contribution in [0.1, 0.15) is 5.56 Å². The molecule has 1 rings (SSSR count). The second kappa shape index (κ2) is 4.59. The third-order valence-electron chi connectivity index (χ3n) is 1.68. The predicted molar refractivity (Wildman–Crippen MR) is 50.9 cm³/mol. The Morgan fingerprint density at radius 1 is 1.43 bits per heavy atom. The molecular weight excluding hydrogens is 184 g/mol. The van der Waals surface area contributed by atoms with Crippen molar-refractivity contribution in [2.24, 2.45) is 0 Å². The summed E-state index contributed by atoms with van der Waals surface area (Å²) in [5, 5.41) is 20.4. The Morgan fingerprint density at radius 2 is 2.00 bits per heavy atom. The number of anilines is 1. The van der Waals surface area contributed by atoms with Gasteiger partial charge in [-0.3, -0.25) is 5.21 Å². The van der Waals surface area contributed by atoms with Gasteiger partial charge in [-0.15, -0.1) is 0 Å². The average Bonchev–Trinajstić information content (AvgIpc) is 2.19. The van der Waals surface area contributed by atoms with Crippen molar-refractivity contribution in [2.75, 3.05) is 12.4 Å². The van der Waals surface area contributed by atoms with E-state index in [0.717, 1.165) is 5.56 Å². The molecule has 5 nitrogen and oxygen atoms in total. The molecule has 0 aliphatic rings. The molecule has 1 aromatic rings. The van der Waals surface area contributed by atoms with Crippen molar-refractivity contribution < 1.29 is 15.1 Å². The van der Waals surface area contributed by atoms with E-state index in [1.807, 2.05) is 0 Å². The molecule has 0 aromatic heterocycles. The number of hydroxylamine groups is 2. The molecule has 0 heterocycles. The van der Waals surface area contributed by atoms with Gasteiger partial charge in [0.25, 0.3) is 0 Å². The van der Waals surface area contributed by atoms with Crippen LogP contribution in [0, 0.1) is 0 Å². The highest BCUT2D eigenvalue weighted by molar-refractivity contribution is 5.88. The largest absolute Gasteiger partial charge is 0.392 e. The first-order chi connectivity index (χ1) is 6.63. The highest BCUT2D eigenvalue weighted by Crippen LogP contribution is 2.09. The van der Waals surface area contributed by atoms with Gasteiger partial charge in [0.15, 0.2) is 0 Å². The number of carbonyl (C=O) groups excluding carboxylic acids is 1. The maximum Gasteiger partial charge on any atom is 0.345 e. The Kier molecular flexibility index (Phi) is 3.44. The van der Waals surface area contributed by atoms with Crippen molar-refractivity contribution in [2.45, 2.75) is 6.61 Å². The molecule has 0 aliphatic heterocycles. The van der Waals surface area contributed by atoms with Crippen LogP contribution in [-0.2, 0) is 6.61 Å². The van der Waals surface area contributed by atoms with E-state index < -0.39 is 6.03 Å². The molecule has 0 saturated heterocycles. The lowest BCUT2D eigenvalue weighted by molar-refractivity contribution is -0.0118. The van der Waals surface area contributed by atoms with Gasteiger partial charge in [0.2, 0.25) is 0 Å². The highest BCUT2D eigenvalue weighted by Gasteiger charge is 2.04. The minimum absolute atomic E-state index is 0.0336. The number of hydrogen-bond donors (Lipinski definition) is 3. The number of carbonyl (C=O) groups is 1. The zero-order chi connectivity index (χ0) is 10.6. The molecule has 0 bridgehead atoms. The van der Waals surface area contributed by atoms with Crippen molar-refractivity contribution in [3.63, 3.8) is 0 Å². The number of aliphatic hydroxyl groups excluding tert-OH is 1. The summed E-state index contributed by atoms with van der Waals surface area (Å²) in [4.78, 5) is 11.0. The van der Waals surface area contributed by atoms with E-state index in [2.05, 4.69) is 5.32 Å². The molecule has 2 amide bonds. The van der Waals surface area contributed by atoms with Crippen LogP contribution in [0.25, 0.3) is 0 Å². The van der Waals surface area contributed by atoms with E-state index in [0.29, 0.717) is 10.8 Å². The van der Waals surface area contributed by atoms with Crippen LogP contribution in [0.4, 0.5) is 10.5 Å². The molecule has 0 spiro atoms. The van der Waals surface area contributed by atoms with Crippen LogP contribution in [0.2, 0.25) is 0 Å². The van der Waals surface area contributed by atoms with Crippen molar-refractivity contribution in [1.29, 1.82) is 0 Å². The van der Waals surface area contributed by atoms with Crippen molar-refractivity contribution in [3.8, 4) is 0 Å². The van der Waals surface area contributed by atoms with Gasteiger partial charge >= 0.3 is 6.03 Å². The van der Waals surface area contributed by atoms with Gasteiger partial charge in [0.05, 0.1) is 6.61 Å². The first-order valence-corrected chi connectivity index (χ1v) is 4.07. The maximum atomic E-state index is 11.0. The summed E-state index contributed by atoms with van der Waals surface area (Å²) in [6, 6.07) is 6.06. The monoisotopic (exact) mass is 196 g/mol. The summed E-state index contributed by atoms with van der Waals surface area (Å²) in [6.07, 6.45) is 0. The Labute approximate surface area is 81.5 Å². The number of rotatable bonds is 2. The first-order valence-electron chi connectivity index (χ1n) is 4.07. The molecule has 0 radical (unpaired) electrons. The van der Waals surface area contributed by atoms with Gasteiger partial charge in [-0.05, 0) is 17.7 Å². The third kappa shape index (κ3) is 2.72. The second-order valence-electron chi connectivity index (χ2n) is 2.81. The maximum absolute atomic E-state index is 11.0. The minimum atomic E-state index is -0.609. The fraction of sp³-hybridized carbons (Fsp3) is 0.222. The van der Waals surface area contributed by atoms with Gasteiger partial charge < -0.3 is 10.4 Å². The van der Waals surface area contributed by atoms with E-state index in [1.54, 1.807) is 24.3 Å². The van der Waals surface area contributed by atoms with E-state index in [-0.39, 0.29) is 6.61 Å². The second-order valence-corrected chi connectivity index (χ2v) is 2.81. The van der Waals surface area contributed by atoms with Crippen LogP contribution < -0.4 is 5.32 Å². The van der Waals surface area contributed by atoms with Crippen LogP contribution in [0.15, 0.2) is 24.3 Å². The number of amides is 2. The summed E-state index contributed by atoms with van der Waals surface area (Å²) in [5.41, 5.74) is 1.33. The van der Waals surface area contributed by atoms with Crippen LogP contribution in [-0.4, -0.2) is 28.5 Å². The SMILES string of the molecule is CN(O)C(=O)Nc1ccc(CO)cc1. The number of nitrogens with zero attached hydrogens (tertiary/aromatic N) is 1. The zero-order valence-electron chi connectivity index (χ0n) is 7.77. The van der Waals surface area contributed by atoms with Crippen molar-refractivity contribution in [3.05, 3.63) is 29.8 Å². The Balaban J connectivity index is 2.64. The Hall–Kier alpha value is -1.59. The number of nitrogens with one attached hydrogen (secondary N) is 1. The highest BCUT2D eigenvalue weighted by atomic mass is 16.5. The molecule has 0 fully saturated rings. The van der Waals surface area contributed by atoms with Crippen LogP contribution >= 0.6 is 0 Å². The number of benzene rings is 1. The lowest BCUT2D eigenvalue weighted by Crippen LogP contribution is -2.27. The summed E-state index contributed by atoms with van der Waals surface area (Å²) in [5.74, 6) is 0. The standard InChI is InChI=1S/C9H12N2O3/c1-11(14)9(13)10-8-4-2-7(6-12)3-5-8/h2-5,12,14H,6H2,1H3,(H,10,13). The molecule has 0 aliphatic carbocycles. The normalized spacial score (nSPS) is 9.64. The van der Waals surface area contributed by atoms with Gasteiger partial charge in [0.1, 0.15) is 0 Å². The predicted octanol–water partition coefficient (Wildman–Crippen LogP) is 1.03. The molecule has 14 heavy (non-hydrogen) atoms. The van der Waals surface area contributed by atoms with Gasteiger partial charge in [-0.2, -0.15) is 0 Å². The summed E-state index contributed by atoms with van der Waals surface area (Å²) < 4.78 is 0. The zero-order valence-corrected chi connectivity index (χ0v) is 7.77. The topological polar surface area (TPSA) is 72.8 Å². The quantitative estimate of drug-likeness (QED) is 0.488. The van der Waals surface area contributed by atoms with E-state index in [4.69, 9.17) is 10.3 Å². The van der Waals surface area contributed by atoms with Crippen LogP contribution in [0.3, 0.4) is 0 Å². The van der Waals surface area contributed by atoms with E-state index in [9.17, 15) is 4.79 Å². The van der Waals surface area contributed by atoms with Crippen molar-refractivity contribution in [1.82, 2.24) is 5.06 Å². The number of hydrogen-bond acceptors (Lipinski definition) is 3. The fourth-order valence-corrected chi connectivity index (χ4v) is 0.898. The van der Waals surface area contributed by atoms with Gasteiger partial charge in [-0.1, -0.05) is 12.1 Å². The fourth-order valence-electron chi connectivity index (χ4n) is 0.898. The minimum Gasteiger partial charge on any atom is -0.392 e. The summed E-state index contributed by atoms with van der Waals surface area (Å²) in [6.45, 7) is -0.0336. The molecule has 5 heteroatoms. The molecule has 76 valence electrons. The van der Waals surface area contributed by atoms with Crippen molar-refractivity contribution >= 4 is 11.7 Å². The lowest BCUT2D eigenvalue weighted by atomic mass is 10.2. The Bertz CT molecular complexity index is 308. The number of urea groups is 1. The number of aliphatic hydroxyl groups is 1. The molecule has 0 saturated carbocycles. The molecule has 1 aromatic carbocycles. The molecule has 0 unspecified atom stereocenters. The van der Waals surface area contributed by atoms with Crippen LogP contribution in [0.5, 0.6) is 0 Å². The summed E-state index contributed by atoms with van der Waals surface area (Å²) >= 11 is 0. The lowest BCUT2D eigenvalue weighted by Gasteiger charge is -2.10. The third-order valence-corrected chi connectivity index (χ3v) is 1.68. The smallest absolute Gasteiger partial charge is 0.345 e. The molecular formula is C9H12N2O3. The molecule has 3 N–H and O–H groups in total.